The summed E-state index contributed by atoms with van der Waals surface area (Å²) >= 11 is 5.90. The van der Waals surface area contributed by atoms with Gasteiger partial charge in [0.2, 0.25) is 0 Å². The summed E-state index contributed by atoms with van der Waals surface area (Å²) < 4.78 is 11.1. The molecule has 1 fully saturated rings. The molecule has 1 aromatic rings. The molecule has 1 amide bonds. The van der Waals surface area contributed by atoms with Crippen molar-refractivity contribution < 1.29 is 14.3 Å². The first-order valence-electron chi connectivity index (χ1n) is 8.85. The minimum Gasteiger partial charge on any atom is -0.463 e. The molecule has 7 heteroatoms. The van der Waals surface area contributed by atoms with Gasteiger partial charge in [-0.2, -0.15) is 4.98 Å². The van der Waals surface area contributed by atoms with Crippen LogP contribution in [0.4, 0.5) is 4.79 Å². The molecule has 6 nitrogen and oxygen atoms in total. The number of ether oxygens (including phenoxy) is 2. The highest BCUT2D eigenvalue weighted by atomic mass is 35.5. The molecule has 1 atom stereocenters. The number of piperidine rings is 1. The number of aromatic nitrogens is 2. The quantitative estimate of drug-likeness (QED) is 0.573. The summed E-state index contributed by atoms with van der Waals surface area (Å²) in [6.45, 7) is 9.60. The van der Waals surface area contributed by atoms with E-state index in [9.17, 15) is 4.79 Å². The van der Waals surface area contributed by atoms with E-state index < -0.39 is 5.60 Å². The molecular formula is C18H28ClN3O3. The first-order valence-corrected chi connectivity index (χ1v) is 9.22. The maximum Gasteiger partial charge on any atom is 0.410 e. The second-order valence-electron chi connectivity index (χ2n) is 7.54. The van der Waals surface area contributed by atoms with Crippen molar-refractivity contribution in [3.05, 3.63) is 16.9 Å². The Morgan fingerprint density at radius 1 is 1.40 bits per heavy atom. The van der Waals surface area contributed by atoms with E-state index in [1.54, 1.807) is 6.07 Å². The second-order valence-corrected chi connectivity index (χ2v) is 7.93. The first kappa shape index (κ1) is 19.8. The van der Waals surface area contributed by atoms with Crippen LogP contribution in [-0.4, -0.2) is 46.3 Å². The molecular weight excluding hydrogens is 342 g/mol. The van der Waals surface area contributed by atoms with Crippen LogP contribution in [0.2, 0.25) is 5.15 Å². The van der Waals surface area contributed by atoms with Crippen LogP contribution in [0, 0.1) is 12.8 Å². The lowest BCUT2D eigenvalue weighted by Crippen LogP contribution is -2.42. The van der Waals surface area contributed by atoms with Crippen LogP contribution < -0.4 is 4.74 Å². The lowest BCUT2D eigenvalue weighted by atomic mass is 9.94. The number of halogens is 1. The van der Waals surface area contributed by atoms with E-state index in [4.69, 9.17) is 21.1 Å². The molecule has 0 spiro atoms. The molecule has 1 aliphatic heterocycles. The maximum atomic E-state index is 12.2. The summed E-state index contributed by atoms with van der Waals surface area (Å²) in [7, 11) is 0. The zero-order valence-electron chi connectivity index (χ0n) is 15.5. The Labute approximate surface area is 154 Å². The van der Waals surface area contributed by atoms with Crippen molar-refractivity contribution in [1.82, 2.24) is 14.9 Å². The normalized spacial score (nSPS) is 18.1. The zero-order valence-corrected chi connectivity index (χ0v) is 16.3. The SMILES string of the molecule is Cc1cc(Cl)nc(OCCC[C@H]2CCCN(C(=O)OC(C)(C)C)C2)n1. The number of rotatable bonds is 5. The Morgan fingerprint density at radius 3 is 2.84 bits per heavy atom. The topological polar surface area (TPSA) is 64.5 Å². The van der Waals surface area contributed by atoms with Gasteiger partial charge in [-0.1, -0.05) is 11.6 Å². The molecule has 1 saturated heterocycles. The lowest BCUT2D eigenvalue weighted by Gasteiger charge is -2.34. The molecule has 0 unspecified atom stereocenters. The number of carbonyl (C=O) groups is 1. The van der Waals surface area contributed by atoms with Crippen LogP contribution in [-0.2, 0) is 4.74 Å². The second kappa shape index (κ2) is 8.70. The minimum absolute atomic E-state index is 0.212. The van der Waals surface area contributed by atoms with Crippen molar-refractivity contribution in [3.8, 4) is 6.01 Å². The van der Waals surface area contributed by atoms with Crippen LogP contribution in [0.5, 0.6) is 6.01 Å². The van der Waals surface area contributed by atoms with Crippen LogP contribution in [0.3, 0.4) is 0 Å². The molecule has 2 rings (SSSR count). The van der Waals surface area contributed by atoms with Crippen molar-refractivity contribution in [2.24, 2.45) is 5.92 Å². The van der Waals surface area contributed by atoms with Gasteiger partial charge in [-0.15, -0.1) is 0 Å². The number of amides is 1. The fourth-order valence-corrected chi connectivity index (χ4v) is 3.13. The molecule has 1 aromatic heterocycles. The average molecular weight is 370 g/mol. The van der Waals surface area contributed by atoms with E-state index in [-0.39, 0.29) is 6.09 Å². The van der Waals surface area contributed by atoms with Crippen LogP contribution in [0.1, 0.15) is 52.1 Å². The number of likely N-dealkylation sites (tertiary alicyclic amines) is 1. The summed E-state index contributed by atoms with van der Waals surface area (Å²) in [5.74, 6) is 0.479. The molecule has 2 heterocycles. The van der Waals surface area contributed by atoms with Gasteiger partial charge in [0, 0.05) is 18.8 Å². The molecule has 0 aliphatic carbocycles. The largest absolute Gasteiger partial charge is 0.463 e. The Morgan fingerprint density at radius 2 is 2.16 bits per heavy atom. The van der Waals surface area contributed by atoms with E-state index in [0.717, 1.165) is 44.5 Å². The number of carbonyl (C=O) groups excluding carboxylic acids is 1. The Bertz CT molecular complexity index is 569. The molecule has 25 heavy (non-hydrogen) atoms. The maximum absolute atomic E-state index is 12.2. The Kier molecular flexibility index (Phi) is 6.87. The number of hydrogen-bond acceptors (Lipinski definition) is 5. The van der Waals surface area contributed by atoms with Gasteiger partial charge in [0.05, 0.1) is 6.61 Å². The van der Waals surface area contributed by atoms with E-state index in [1.807, 2.05) is 32.6 Å². The van der Waals surface area contributed by atoms with E-state index in [1.165, 1.54) is 0 Å². The Balaban J connectivity index is 1.72. The van der Waals surface area contributed by atoms with Gasteiger partial charge in [0.15, 0.2) is 0 Å². The number of nitrogens with zero attached hydrogens (tertiary/aromatic N) is 3. The average Bonchev–Trinajstić information content (AvgIpc) is 2.49. The third-order valence-electron chi connectivity index (χ3n) is 3.96. The smallest absolute Gasteiger partial charge is 0.410 e. The molecule has 0 radical (unpaired) electrons. The van der Waals surface area contributed by atoms with Gasteiger partial charge in [0.1, 0.15) is 10.8 Å². The lowest BCUT2D eigenvalue weighted by molar-refractivity contribution is 0.0159. The molecule has 140 valence electrons. The zero-order chi connectivity index (χ0) is 18.4. The third kappa shape index (κ3) is 7.06. The molecule has 0 aromatic carbocycles. The van der Waals surface area contributed by atoms with Crippen LogP contribution in [0.25, 0.3) is 0 Å². The highest BCUT2D eigenvalue weighted by molar-refractivity contribution is 6.29. The van der Waals surface area contributed by atoms with Crippen LogP contribution >= 0.6 is 11.6 Å². The standard InChI is InChI=1S/C18H28ClN3O3/c1-13-11-15(19)21-16(20-13)24-10-6-8-14-7-5-9-22(12-14)17(23)25-18(2,3)4/h11,14H,5-10,12H2,1-4H3/t14-/m1/s1. The van der Waals surface area contributed by atoms with Gasteiger partial charge < -0.3 is 14.4 Å². The summed E-state index contributed by atoms with van der Waals surface area (Å²) in [5, 5.41) is 0.391. The van der Waals surface area contributed by atoms with Gasteiger partial charge >= 0.3 is 12.1 Å². The Hall–Kier alpha value is -1.56. The van der Waals surface area contributed by atoms with Crippen LogP contribution in [0.15, 0.2) is 6.07 Å². The molecule has 0 saturated carbocycles. The molecule has 0 N–H and O–H groups in total. The summed E-state index contributed by atoms with van der Waals surface area (Å²) in [5.41, 5.74) is 0.336. The summed E-state index contributed by atoms with van der Waals surface area (Å²) in [6.07, 6.45) is 3.82. The highest BCUT2D eigenvalue weighted by Crippen LogP contribution is 2.23. The summed E-state index contributed by atoms with van der Waals surface area (Å²) in [6, 6.07) is 2.02. The van der Waals surface area contributed by atoms with Crippen molar-refractivity contribution >= 4 is 17.7 Å². The van der Waals surface area contributed by atoms with Crippen molar-refractivity contribution in [1.29, 1.82) is 0 Å². The number of hydrogen-bond donors (Lipinski definition) is 0. The predicted molar refractivity (Wildman–Crippen MR) is 97.0 cm³/mol. The monoisotopic (exact) mass is 369 g/mol. The summed E-state index contributed by atoms with van der Waals surface area (Å²) in [4.78, 5) is 22.3. The van der Waals surface area contributed by atoms with Gasteiger partial charge in [-0.3, -0.25) is 0 Å². The third-order valence-corrected chi connectivity index (χ3v) is 4.15. The highest BCUT2D eigenvalue weighted by Gasteiger charge is 2.27. The van der Waals surface area contributed by atoms with E-state index >= 15 is 0 Å². The molecule has 1 aliphatic rings. The van der Waals surface area contributed by atoms with Gasteiger partial charge in [-0.25, -0.2) is 9.78 Å². The van der Waals surface area contributed by atoms with E-state index in [0.29, 0.717) is 23.7 Å². The van der Waals surface area contributed by atoms with Crippen molar-refractivity contribution in [2.45, 2.75) is 59.0 Å². The minimum atomic E-state index is -0.451. The molecule has 0 bridgehead atoms. The van der Waals surface area contributed by atoms with E-state index in [2.05, 4.69) is 9.97 Å². The van der Waals surface area contributed by atoms with Crippen molar-refractivity contribution in [2.75, 3.05) is 19.7 Å². The fraction of sp³-hybridized carbons (Fsp3) is 0.722. The predicted octanol–water partition coefficient (Wildman–Crippen LogP) is 4.24. The van der Waals surface area contributed by atoms with Gasteiger partial charge in [-0.05, 0) is 65.4 Å². The van der Waals surface area contributed by atoms with Crippen molar-refractivity contribution in [3.63, 3.8) is 0 Å². The fourth-order valence-electron chi connectivity index (χ4n) is 2.90. The first-order chi connectivity index (χ1) is 11.7. The van der Waals surface area contributed by atoms with Gasteiger partial charge in [0.25, 0.3) is 0 Å². The number of aryl methyl sites for hydroxylation is 1.